The number of unbranched alkanes of at least 4 members (excludes halogenated alkanes) is 51. The molecule has 0 N–H and O–H groups in total. The highest BCUT2D eigenvalue weighted by atomic mass is 31.2. The molecule has 2 unspecified atom stereocenters. The number of likely N-dealkylation sites (N-methyl/N-ethyl adjacent to an activating group) is 1. The van der Waals surface area contributed by atoms with Gasteiger partial charge in [0.1, 0.15) is 19.8 Å². The van der Waals surface area contributed by atoms with Crippen molar-refractivity contribution in [3.63, 3.8) is 0 Å². The number of phosphoric acid groups is 1. The lowest BCUT2D eigenvalue weighted by Gasteiger charge is -2.28. The fourth-order valence-corrected chi connectivity index (χ4v) is 13.3. The Morgan fingerprint density at radius 2 is 0.582 bits per heavy atom. The minimum Gasteiger partial charge on any atom is -0.756 e. The van der Waals surface area contributed by atoms with E-state index in [9.17, 15) is 19.0 Å². The highest BCUT2D eigenvalue weighted by Gasteiger charge is 2.22. The molecule has 0 aliphatic rings. The SMILES string of the molecule is CC/C=C\C/C=C\C/C=C\C/C=C\C/C=C\C/C=C\C/C=C\CCCCCCCCCCCCCCCCCCCC(=O)OC(COC(=O)CCCCCCCCCCCCCCCCCCCCCCCCCCCCCCCCCCCCC)COP(=O)([O-])OCC[N+](C)(C)C. The van der Waals surface area contributed by atoms with Gasteiger partial charge in [-0.3, -0.25) is 14.2 Å². The van der Waals surface area contributed by atoms with Gasteiger partial charge in [0.2, 0.25) is 0 Å². The number of carbonyl (C=O) groups excluding carboxylic acids is 2. The molecule has 2 atom stereocenters. The van der Waals surface area contributed by atoms with Crippen LogP contribution in [0.1, 0.15) is 412 Å². The molecule has 0 rings (SSSR count). The van der Waals surface area contributed by atoms with Crippen LogP contribution < -0.4 is 4.89 Å². The Hall–Kier alpha value is -2.81. The van der Waals surface area contributed by atoms with Crippen molar-refractivity contribution < 1.29 is 42.1 Å². The normalized spacial score (nSPS) is 13.4. The van der Waals surface area contributed by atoms with Crippen LogP contribution in [0.3, 0.4) is 0 Å². The van der Waals surface area contributed by atoms with E-state index in [1.165, 1.54) is 295 Å². The number of quaternary nitrogens is 1. The van der Waals surface area contributed by atoms with Gasteiger partial charge < -0.3 is 27.9 Å². The van der Waals surface area contributed by atoms with Gasteiger partial charge in [-0.05, 0) is 70.6 Å². The van der Waals surface area contributed by atoms with Crippen molar-refractivity contribution >= 4 is 19.8 Å². The molecule has 0 bridgehead atoms. The fraction of sp³-hybridized carbons (Fsp3) is 0.818. The lowest BCUT2D eigenvalue weighted by atomic mass is 10.0. The number of esters is 2. The number of hydrogen-bond donors (Lipinski definition) is 0. The van der Waals surface area contributed by atoms with Crippen LogP contribution >= 0.6 is 7.82 Å². The van der Waals surface area contributed by atoms with Gasteiger partial charge in [-0.25, -0.2) is 0 Å². The molecule has 98 heavy (non-hydrogen) atoms. The van der Waals surface area contributed by atoms with Crippen molar-refractivity contribution in [2.24, 2.45) is 0 Å². The molecule has 0 aliphatic carbocycles. The number of carbonyl (C=O) groups is 2. The van der Waals surface area contributed by atoms with E-state index in [0.717, 1.165) is 83.5 Å². The van der Waals surface area contributed by atoms with Crippen molar-refractivity contribution in [3.8, 4) is 0 Å². The first-order valence-electron chi connectivity index (χ1n) is 42.3. The maximum atomic E-state index is 12.9. The molecule has 0 fully saturated rings. The van der Waals surface area contributed by atoms with Crippen LogP contribution in [0.15, 0.2) is 85.1 Å². The quantitative estimate of drug-likeness (QED) is 0.0195. The Labute approximate surface area is 609 Å². The van der Waals surface area contributed by atoms with Crippen molar-refractivity contribution in [3.05, 3.63) is 85.1 Å². The minimum absolute atomic E-state index is 0.0299. The van der Waals surface area contributed by atoms with Crippen LogP contribution in [-0.4, -0.2) is 70.0 Å². The Balaban J connectivity index is 3.91. The highest BCUT2D eigenvalue weighted by molar-refractivity contribution is 7.45. The Morgan fingerprint density at radius 3 is 0.867 bits per heavy atom. The average molecular weight is 1390 g/mol. The zero-order chi connectivity index (χ0) is 71.1. The number of hydrogen-bond acceptors (Lipinski definition) is 8. The number of rotatable bonds is 79. The van der Waals surface area contributed by atoms with Crippen LogP contribution in [0.5, 0.6) is 0 Å². The molecule has 0 aromatic rings. The summed E-state index contributed by atoms with van der Waals surface area (Å²) in [6, 6.07) is 0. The number of phosphoric ester groups is 1. The summed E-state index contributed by atoms with van der Waals surface area (Å²) in [5, 5.41) is 0. The summed E-state index contributed by atoms with van der Waals surface area (Å²) < 4.78 is 34.5. The molecule has 0 aromatic carbocycles. The second-order valence-corrected chi connectivity index (χ2v) is 31.2. The van der Waals surface area contributed by atoms with Gasteiger partial charge in [-0.1, -0.05) is 414 Å². The average Bonchev–Trinajstić information content (AvgIpc) is 1.23. The monoisotopic (exact) mass is 1390 g/mol. The zero-order valence-electron chi connectivity index (χ0n) is 65.5. The summed E-state index contributed by atoms with van der Waals surface area (Å²) >= 11 is 0. The van der Waals surface area contributed by atoms with Crippen LogP contribution in [0.25, 0.3) is 0 Å². The summed E-state index contributed by atoms with van der Waals surface area (Å²) in [5.41, 5.74) is 0. The van der Waals surface area contributed by atoms with Gasteiger partial charge in [-0.15, -0.1) is 0 Å². The van der Waals surface area contributed by atoms with Crippen LogP contribution in [0.2, 0.25) is 0 Å². The first-order valence-corrected chi connectivity index (χ1v) is 43.8. The van der Waals surface area contributed by atoms with Crippen molar-refractivity contribution in [1.29, 1.82) is 0 Å². The third-order valence-corrected chi connectivity index (χ3v) is 19.9. The molecule has 0 amide bonds. The Kier molecular flexibility index (Phi) is 76.1. The fourth-order valence-electron chi connectivity index (χ4n) is 12.5. The molecular formula is C88H162NO8P. The van der Waals surface area contributed by atoms with Crippen molar-refractivity contribution in [2.75, 3.05) is 47.5 Å². The summed E-state index contributed by atoms with van der Waals surface area (Å²) in [5.74, 6) is -0.813. The van der Waals surface area contributed by atoms with E-state index in [1.54, 1.807) is 0 Å². The van der Waals surface area contributed by atoms with Gasteiger partial charge in [0, 0.05) is 12.8 Å². The standard InChI is InChI=1S/C88H162NO8P/c1-6-8-10-12-14-16-18-20-22-24-26-28-30-32-34-36-38-40-42-43-44-45-47-49-51-53-55-57-59-61-63-65-67-69-71-73-75-77-79-81-88(91)97-86(85-96-98(92,93)95-83-82-89(3,4)5)84-94-87(90)80-78-76-74-72-70-68-66-64-62-60-58-56-54-52-50-48-46-41-39-37-35-33-31-29-27-25-23-21-19-17-15-13-11-9-7-2/h8,10,14,16,20,22,26,28,32,34,38,40,43-44,86H,6-7,9,11-13,15,17-19,21,23-25,27,29-31,33,35-37,39,41-42,45-85H2,1-5H3/b10-8-,16-14-,22-20-,28-26-,34-32-,40-38-,44-43-. The van der Waals surface area contributed by atoms with Gasteiger partial charge >= 0.3 is 11.9 Å². The molecule has 572 valence electrons. The van der Waals surface area contributed by atoms with E-state index >= 15 is 0 Å². The maximum absolute atomic E-state index is 12.9. The van der Waals surface area contributed by atoms with E-state index in [-0.39, 0.29) is 32.0 Å². The van der Waals surface area contributed by atoms with E-state index in [2.05, 4.69) is 98.9 Å². The smallest absolute Gasteiger partial charge is 0.306 e. The summed E-state index contributed by atoms with van der Waals surface area (Å²) in [6.07, 6.45) is 109. The third kappa shape index (κ3) is 82.1. The highest BCUT2D eigenvalue weighted by Crippen LogP contribution is 2.38. The van der Waals surface area contributed by atoms with E-state index < -0.39 is 26.5 Å². The maximum Gasteiger partial charge on any atom is 0.306 e. The van der Waals surface area contributed by atoms with E-state index in [0.29, 0.717) is 17.4 Å². The lowest BCUT2D eigenvalue weighted by molar-refractivity contribution is -0.870. The lowest BCUT2D eigenvalue weighted by Crippen LogP contribution is -2.37. The number of nitrogens with zero attached hydrogens (tertiary/aromatic N) is 1. The first kappa shape index (κ1) is 95.2. The van der Waals surface area contributed by atoms with Gasteiger partial charge in [0.05, 0.1) is 27.7 Å². The van der Waals surface area contributed by atoms with Crippen LogP contribution in [-0.2, 0) is 32.7 Å². The molecule has 0 saturated heterocycles. The molecular weight excluding hydrogens is 1230 g/mol. The summed E-state index contributed by atoms with van der Waals surface area (Å²) in [7, 11) is 1.18. The largest absolute Gasteiger partial charge is 0.756 e. The number of allylic oxidation sites excluding steroid dienone is 14. The second-order valence-electron chi connectivity index (χ2n) is 29.8. The Bertz CT molecular complexity index is 1930. The van der Waals surface area contributed by atoms with E-state index in [4.69, 9.17) is 18.5 Å². The Morgan fingerprint density at radius 1 is 0.327 bits per heavy atom. The molecule has 0 heterocycles. The second kappa shape index (κ2) is 78.3. The predicted octanol–water partition coefficient (Wildman–Crippen LogP) is 27.8. The zero-order valence-corrected chi connectivity index (χ0v) is 66.4. The van der Waals surface area contributed by atoms with Gasteiger partial charge in [0.25, 0.3) is 7.82 Å². The molecule has 0 radical (unpaired) electrons. The predicted molar refractivity (Wildman–Crippen MR) is 425 cm³/mol. The summed E-state index contributed by atoms with van der Waals surface area (Å²) in [4.78, 5) is 38.2. The van der Waals surface area contributed by atoms with Crippen molar-refractivity contribution in [1.82, 2.24) is 0 Å². The van der Waals surface area contributed by atoms with Crippen LogP contribution in [0, 0.1) is 0 Å². The molecule has 0 aromatic heterocycles. The summed E-state index contributed by atoms with van der Waals surface area (Å²) in [6.45, 7) is 4.20. The van der Waals surface area contributed by atoms with Crippen molar-refractivity contribution in [2.45, 2.75) is 418 Å². The topological polar surface area (TPSA) is 111 Å². The molecule has 9 nitrogen and oxygen atoms in total. The molecule has 10 heteroatoms. The number of ether oxygens (including phenoxy) is 2. The van der Waals surface area contributed by atoms with Crippen LogP contribution in [0.4, 0.5) is 0 Å². The van der Waals surface area contributed by atoms with Gasteiger partial charge in [0.15, 0.2) is 6.10 Å². The first-order chi connectivity index (χ1) is 48.0. The van der Waals surface area contributed by atoms with E-state index in [1.807, 2.05) is 21.1 Å². The third-order valence-electron chi connectivity index (χ3n) is 18.9. The minimum atomic E-state index is -4.65. The molecule has 0 aliphatic heterocycles. The molecule has 0 spiro atoms. The van der Waals surface area contributed by atoms with Gasteiger partial charge in [-0.2, -0.15) is 0 Å². The molecule has 0 saturated carbocycles.